The Kier molecular flexibility index (Phi) is 1.36. The summed E-state index contributed by atoms with van der Waals surface area (Å²) in [5, 5.41) is 0.0638. The Morgan fingerprint density at radius 3 is 2.58 bits per heavy atom. The molecule has 2 rings (SSSR count). The van der Waals surface area contributed by atoms with E-state index in [1.807, 2.05) is 0 Å². The molecule has 0 bridgehead atoms. The van der Waals surface area contributed by atoms with E-state index in [1.165, 1.54) is 12.3 Å². The van der Waals surface area contributed by atoms with Gasteiger partial charge in [-0.1, -0.05) is 0 Å². The van der Waals surface area contributed by atoms with Gasteiger partial charge < -0.3 is 4.98 Å². The molecule has 0 atom stereocenters. The Morgan fingerprint density at radius 2 is 1.83 bits per heavy atom. The van der Waals surface area contributed by atoms with E-state index in [0.717, 1.165) is 0 Å². The Morgan fingerprint density at radius 1 is 1.08 bits per heavy atom. The summed E-state index contributed by atoms with van der Waals surface area (Å²) in [6.07, 6.45) is 1.36. The van der Waals surface area contributed by atoms with Crippen molar-refractivity contribution in [3.05, 3.63) is 35.8 Å². The average Bonchev–Trinajstić information content (AvgIpc) is 2.48. The minimum atomic E-state index is -1.18. The number of aromatic nitrogens is 1. The highest BCUT2D eigenvalue weighted by molar-refractivity contribution is 5.80. The topological polar surface area (TPSA) is 15.8 Å². The summed E-state index contributed by atoms with van der Waals surface area (Å²) in [6, 6.07) is 1.89. The maximum Gasteiger partial charge on any atom is 0.183 e. The van der Waals surface area contributed by atoms with Crippen molar-refractivity contribution in [1.29, 1.82) is 0 Å². The van der Waals surface area contributed by atoms with E-state index in [1.54, 1.807) is 0 Å². The van der Waals surface area contributed by atoms with Gasteiger partial charge in [0.05, 0.1) is 5.52 Å². The number of halogens is 3. The van der Waals surface area contributed by atoms with Crippen LogP contribution in [0.1, 0.15) is 0 Å². The molecule has 1 aromatic heterocycles. The van der Waals surface area contributed by atoms with Crippen LogP contribution in [0.3, 0.4) is 0 Å². The van der Waals surface area contributed by atoms with Crippen LogP contribution in [-0.2, 0) is 0 Å². The largest absolute Gasteiger partial charge is 0.359 e. The van der Waals surface area contributed by atoms with Crippen LogP contribution >= 0.6 is 0 Å². The zero-order valence-corrected chi connectivity index (χ0v) is 5.87. The van der Waals surface area contributed by atoms with Crippen molar-refractivity contribution in [3.63, 3.8) is 0 Å². The number of rotatable bonds is 0. The number of H-pyrrole nitrogens is 1. The molecule has 0 spiro atoms. The van der Waals surface area contributed by atoms with Crippen LogP contribution in [-0.4, -0.2) is 4.98 Å². The molecule has 4 heteroatoms. The molecule has 0 saturated carbocycles. The molecule has 0 fully saturated rings. The molecule has 0 aliphatic heterocycles. The third-order valence-electron chi connectivity index (χ3n) is 1.69. The van der Waals surface area contributed by atoms with Crippen LogP contribution in [0.5, 0.6) is 0 Å². The molecule has 0 amide bonds. The molecule has 0 radical (unpaired) electrons. The molecule has 2 aromatic rings. The summed E-state index contributed by atoms with van der Waals surface area (Å²) >= 11 is 0. The highest BCUT2D eigenvalue weighted by atomic mass is 19.2. The number of hydrogen-bond donors (Lipinski definition) is 1. The van der Waals surface area contributed by atoms with Crippen LogP contribution in [0.15, 0.2) is 18.3 Å². The number of nitrogens with one attached hydrogen (secondary N) is 1. The fraction of sp³-hybridized carbons (Fsp3) is 0. The van der Waals surface area contributed by atoms with Crippen molar-refractivity contribution in [2.75, 3.05) is 0 Å². The van der Waals surface area contributed by atoms with Gasteiger partial charge in [-0.05, 0) is 6.07 Å². The van der Waals surface area contributed by atoms with Crippen molar-refractivity contribution in [2.24, 2.45) is 0 Å². The van der Waals surface area contributed by atoms with E-state index in [9.17, 15) is 13.2 Å². The van der Waals surface area contributed by atoms with E-state index in [2.05, 4.69) is 4.98 Å². The van der Waals surface area contributed by atoms with E-state index in [-0.39, 0.29) is 10.9 Å². The van der Waals surface area contributed by atoms with Crippen molar-refractivity contribution in [1.82, 2.24) is 4.98 Å². The van der Waals surface area contributed by atoms with Crippen LogP contribution < -0.4 is 0 Å². The Labute approximate surface area is 65.8 Å². The van der Waals surface area contributed by atoms with Gasteiger partial charge in [-0.25, -0.2) is 13.2 Å². The molecule has 1 N–H and O–H groups in total. The lowest BCUT2D eigenvalue weighted by Gasteiger charge is -1.95. The monoisotopic (exact) mass is 171 g/mol. The zero-order chi connectivity index (χ0) is 8.72. The molecule has 1 heterocycles. The van der Waals surface area contributed by atoms with Crippen molar-refractivity contribution in [3.8, 4) is 0 Å². The van der Waals surface area contributed by atoms with Gasteiger partial charge in [0.15, 0.2) is 11.6 Å². The summed E-state index contributed by atoms with van der Waals surface area (Å²) < 4.78 is 38.2. The molecule has 0 saturated heterocycles. The third-order valence-corrected chi connectivity index (χ3v) is 1.69. The van der Waals surface area contributed by atoms with E-state index >= 15 is 0 Å². The quantitative estimate of drug-likeness (QED) is 0.586. The minimum Gasteiger partial charge on any atom is -0.359 e. The van der Waals surface area contributed by atoms with Crippen LogP contribution in [0.25, 0.3) is 10.9 Å². The molecule has 0 unspecified atom stereocenters. The van der Waals surface area contributed by atoms with Gasteiger partial charge in [-0.15, -0.1) is 0 Å². The highest BCUT2D eigenvalue weighted by Gasteiger charge is 2.11. The van der Waals surface area contributed by atoms with Gasteiger partial charge in [0.25, 0.3) is 0 Å². The molecule has 0 aliphatic carbocycles. The van der Waals surface area contributed by atoms with Crippen molar-refractivity contribution < 1.29 is 13.2 Å². The molecule has 0 aliphatic rings. The number of aromatic amines is 1. The van der Waals surface area contributed by atoms with Gasteiger partial charge in [0.1, 0.15) is 5.82 Å². The van der Waals surface area contributed by atoms with Crippen LogP contribution in [0.4, 0.5) is 13.2 Å². The standard InChI is InChI=1S/C8H4F3N/c9-5-3-6(10)7(11)8-4(5)1-2-12-8/h1-3,12H. The molecule has 1 nitrogen and oxygen atoms in total. The van der Waals surface area contributed by atoms with Gasteiger partial charge in [0.2, 0.25) is 0 Å². The lowest BCUT2D eigenvalue weighted by Crippen LogP contribution is -1.88. The minimum absolute atomic E-state index is 0.0638. The lowest BCUT2D eigenvalue weighted by molar-refractivity contribution is 0.504. The van der Waals surface area contributed by atoms with Crippen molar-refractivity contribution in [2.45, 2.75) is 0 Å². The summed E-state index contributed by atoms with van der Waals surface area (Å²) in [5.41, 5.74) is -0.132. The first-order chi connectivity index (χ1) is 5.70. The Hall–Kier alpha value is -1.45. The molecular weight excluding hydrogens is 167 g/mol. The molecule has 12 heavy (non-hydrogen) atoms. The first kappa shape index (κ1) is 7.21. The van der Waals surface area contributed by atoms with Gasteiger partial charge in [0, 0.05) is 17.6 Å². The predicted molar refractivity (Wildman–Crippen MR) is 38.2 cm³/mol. The number of hydrogen-bond acceptors (Lipinski definition) is 0. The Bertz CT molecular complexity index is 433. The lowest BCUT2D eigenvalue weighted by atomic mass is 10.2. The van der Waals surface area contributed by atoms with Gasteiger partial charge >= 0.3 is 0 Å². The number of fused-ring (bicyclic) bond motifs is 1. The van der Waals surface area contributed by atoms with E-state index < -0.39 is 17.5 Å². The summed E-state index contributed by atoms with van der Waals surface area (Å²) in [5.74, 6) is -2.98. The predicted octanol–water partition coefficient (Wildman–Crippen LogP) is 2.59. The average molecular weight is 171 g/mol. The maximum absolute atomic E-state index is 12.8. The first-order valence-corrected chi connectivity index (χ1v) is 3.30. The summed E-state index contributed by atoms with van der Waals surface area (Å²) in [7, 11) is 0. The fourth-order valence-electron chi connectivity index (χ4n) is 1.12. The normalized spacial score (nSPS) is 10.9. The number of benzene rings is 1. The summed E-state index contributed by atoms with van der Waals surface area (Å²) in [6.45, 7) is 0. The zero-order valence-electron chi connectivity index (χ0n) is 5.87. The second kappa shape index (κ2) is 2.27. The van der Waals surface area contributed by atoms with E-state index in [0.29, 0.717) is 6.07 Å². The van der Waals surface area contributed by atoms with Crippen LogP contribution in [0, 0.1) is 17.5 Å². The fourth-order valence-corrected chi connectivity index (χ4v) is 1.12. The molecular formula is C8H4F3N. The van der Waals surface area contributed by atoms with E-state index in [4.69, 9.17) is 0 Å². The molecule has 62 valence electrons. The van der Waals surface area contributed by atoms with Crippen LogP contribution in [0.2, 0.25) is 0 Å². The summed E-state index contributed by atoms with van der Waals surface area (Å²) in [4.78, 5) is 2.41. The second-order valence-electron chi connectivity index (χ2n) is 2.42. The third kappa shape index (κ3) is 0.809. The second-order valence-corrected chi connectivity index (χ2v) is 2.42. The van der Waals surface area contributed by atoms with Gasteiger partial charge in [-0.2, -0.15) is 0 Å². The first-order valence-electron chi connectivity index (χ1n) is 3.30. The van der Waals surface area contributed by atoms with Crippen molar-refractivity contribution >= 4 is 10.9 Å². The highest BCUT2D eigenvalue weighted by Crippen LogP contribution is 2.21. The molecule has 1 aromatic carbocycles. The SMILES string of the molecule is Fc1cc(F)c2cc[nH]c2c1F. The smallest absolute Gasteiger partial charge is 0.183 e. The van der Waals surface area contributed by atoms with Gasteiger partial charge in [-0.3, -0.25) is 0 Å². The Balaban J connectivity index is 2.97. The maximum atomic E-state index is 12.8.